The molecule has 3 amide bonds. The first-order chi connectivity index (χ1) is 14.1. The first-order valence-corrected chi connectivity index (χ1v) is 10.3. The third kappa shape index (κ3) is 4.41. The molecule has 1 fully saturated rings. The third-order valence-corrected chi connectivity index (χ3v) is 5.64. The molecule has 2 aromatic heterocycles. The van der Waals surface area contributed by atoms with E-state index in [4.69, 9.17) is 4.42 Å². The van der Waals surface area contributed by atoms with Crippen LogP contribution in [-0.2, 0) is 19.4 Å². The Bertz CT molecular complexity index is 881. The van der Waals surface area contributed by atoms with E-state index in [0.29, 0.717) is 44.3 Å². The van der Waals surface area contributed by atoms with Crippen molar-refractivity contribution in [2.75, 3.05) is 26.2 Å². The van der Waals surface area contributed by atoms with E-state index in [1.807, 2.05) is 6.92 Å². The molecule has 0 atom stereocenters. The maximum absolute atomic E-state index is 12.6. The van der Waals surface area contributed by atoms with Gasteiger partial charge in [-0.3, -0.25) is 4.79 Å². The minimum atomic E-state index is -0.142. The second kappa shape index (κ2) is 8.63. The van der Waals surface area contributed by atoms with Crippen molar-refractivity contribution in [1.29, 1.82) is 0 Å². The van der Waals surface area contributed by atoms with Crippen molar-refractivity contribution < 1.29 is 14.0 Å². The molecule has 29 heavy (non-hydrogen) atoms. The number of fused-ring (bicyclic) bond motifs is 1. The normalized spacial score (nSPS) is 16.9. The molecule has 4 rings (SSSR count). The number of rotatable bonds is 3. The lowest BCUT2D eigenvalue weighted by molar-refractivity contribution is 0.0730. The van der Waals surface area contributed by atoms with Crippen LogP contribution in [0, 0.1) is 6.92 Å². The molecule has 0 spiro atoms. The van der Waals surface area contributed by atoms with E-state index in [-0.39, 0.29) is 11.9 Å². The zero-order valence-electron chi connectivity index (χ0n) is 16.8. The van der Waals surface area contributed by atoms with Gasteiger partial charge in [-0.05, 0) is 56.7 Å². The molecule has 0 bridgehead atoms. The molecule has 3 heterocycles. The first-order valence-electron chi connectivity index (χ1n) is 10.3. The fourth-order valence-corrected chi connectivity index (χ4v) is 4.07. The van der Waals surface area contributed by atoms with Crippen molar-refractivity contribution in [2.24, 2.45) is 0 Å². The van der Waals surface area contributed by atoms with Crippen LogP contribution in [0.25, 0.3) is 0 Å². The highest BCUT2D eigenvalue weighted by Crippen LogP contribution is 2.21. The number of aryl methyl sites for hydroxylation is 2. The standard InChI is InChI=1S/C21H27N5O3/c1-15-16-6-2-3-7-17(16)24-19(23-15)14-22-21(28)26-10-5-9-25(11-12-26)20(27)18-8-4-13-29-18/h4,8,13H,2-3,5-7,9-12,14H2,1H3,(H,22,28). The number of furan rings is 1. The van der Waals surface area contributed by atoms with Gasteiger partial charge in [-0.25, -0.2) is 14.8 Å². The van der Waals surface area contributed by atoms with Gasteiger partial charge < -0.3 is 19.5 Å². The summed E-state index contributed by atoms with van der Waals surface area (Å²) in [5.74, 6) is 0.874. The second-order valence-corrected chi connectivity index (χ2v) is 7.63. The largest absolute Gasteiger partial charge is 0.459 e. The Balaban J connectivity index is 1.32. The summed E-state index contributed by atoms with van der Waals surface area (Å²) in [4.78, 5) is 37.8. The van der Waals surface area contributed by atoms with Gasteiger partial charge in [-0.2, -0.15) is 0 Å². The van der Waals surface area contributed by atoms with E-state index in [1.165, 1.54) is 18.2 Å². The molecule has 2 aromatic rings. The SMILES string of the molecule is Cc1nc(CNC(=O)N2CCCN(C(=O)c3ccco3)CC2)nc2c1CCCC2. The highest BCUT2D eigenvalue weighted by molar-refractivity contribution is 5.91. The molecule has 1 aliphatic carbocycles. The summed E-state index contributed by atoms with van der Waals surface area (Å²) < 4.78 is 5.20. The topological polar surface area (TPSA) is 91.6 Å². The van der Waals surface area contributed by atoms with Crippen molar-refractivity contribution in [3.8, 4) is 0 Å². The number of nitrogens with one attached hydrogen (secondary N) is 1. The summed E-state index contributed by atoms with van der Waals surface area (Å²) in [7, 11) is 0. The van der Waals surface area contributed by atoms with Crippen LogP contribution in [0.4, 0.5) is 4.79 Å². The lowest BCUT2D eigenvalue weighted by Gasteiger charge is -2.22. The van der Waals surface area contributed by atoms with Gasteiger partial charge >= 0.3 is 6.03 Å². The van der Waals surface area contributed by atoms with Crippen molar-refractivity contribution >= 4 is 11.9 Å². The van der Waals surface area contributed by atoms with Crippen LogP contribution in [0.5, 0.6) is 0 Å². The van der Waals surface area contributed by atoms with Crippen LogP contribution in [0.3, 0.4) is 0 Å². The van der Waals surface area contributed by atoms with Crippen molar-refractivity contribution in [1.82, 2.24) is 25.1 Å². The molecule has 1 saturated heterocycles. The molecule has 8 heteroatoms. The van der Waals surface area contributed by atoms with Gasteiger partial charge in [0.2, 0.25) is 0 Å². The number of hydrogen-bond donors (Lipinski definition) is 1. The van der Waals surface area contributed by atoms with Gasteiger partial charge in [0.25, 0.3) is 5.91 Å². The highest BCUT2D eigenvalue weighted by atomic mass is 16.3. The number of amides is 3. The smallest absolute Gasteiger partial charge is 0.317 e. The first kappa shape index (κ1) is 19.4. The molecule has 0 radical (unpaired) electrons. The van der Waals surface area contributed by atoms with Crippen LogP contribution in [0.15, 0.2) is 22.8 Å². The number of hydrogen-bond acceptors (Lipinski definition) is 5. The van der Waals surface area contributed by atoms with Crippen molar-refractivity contribution in [3.63, 3.8) is 0 Å². The van der Waals surface area contributed by atoms with Crippen LogP contribution >= 0.6 is 0 Å². The molecule has 2 aliphatic rings. The van der Waals surface area contributed by atoms with Gasteiger partial charge in [0.1, 0.15) is 5.82 Å². The number of carbonyl (C=O) groups is 2. The average Bonchev–Trinajstić information content (AvgIpc) is 3.16. The fourth-order valence-electron chi connectivity index (χ4n) is 4.07. The van der Waals surface area contributed by atoms with Crippen molar-refractivity contribution in [2.45, 2.75) is 45.6 Å². The quantitative estimate of drug-likeness (QED) is 0.858. The average molecular weight is 397 g/mol. The highest BCUT2D eigenvalue weighted by Gasteiger charge is 2.24. The van der Waals surface area contributed by atoms with E-state index < -0.39 is 0 Å². The maximum atomic E-state index is 12.6. The summed E-state index contributed by atoms with van der Waals surface area (Å²) in [6.07, 6.45) is 6.63. The zero-order valence-corrected chi connectivity index (χ0v) is 16.8. The van der Waals surface area contributed by atoms with Gasteiger partial charge in [0.05, 0.1) is 12.8 Å². The lowest BCUT2D eigenvalue weighted by atomic mass is 9.95. The van der Waals surface area contributed by atoms with E-state index in [2.05, 4.69) is 15.3 Å². The molecule has 1 N–H and O–H groups in total. The number of carbonyl (C=O) groups excluding carboxylic acids is 2. The summed E-state index contributed by atoms with van der Waals surface area (Å²) in [6.45, 7) is 4.53. The Hall–Kier alpha value is -2.90. The minimum absolute atomic E-state index is 0.129. The van der Waals surface area contributed by atoms with E-state index >= 15 is 0 Å². The molecule has 0 unspecified atom stereocenters. The van der Waals surface area contributed by atoms with E-state index in [1.54, 1.807) is 21.9 Å². The predicted molar refractivity (Wildman–Crippen MR) is 106 cm³/mol. The molecular weight excluding hydrogens is 370 g/mol. The summed E-state index contributed by atoms with van der Waals surface area (Å²) in [5, 5.41) is 2.94. The minimum Gasteiger partial charge on any atom is -0.459 e. The second-order valence-electron chi connectivity index (χ2n) is 7.63. The fraction of sp³-hybridized carbons (Fsp3) is 0.524. The molecule has 8 nitrogen and oxygen atoms in total. The maximum Gasteiger partial charge on any atom is 0.317 e. The zero-order chi connectivity index (χ0) is 20.2. The van der Waals surface area contributed by atoms with Gasteiger partial charge in [-0.1, -0.05) is 0 Å². The van der Waals surface area contributed by atoms with Crippen LogP contribution in [0.2, 0.25) is 0 Å². The monoisotopic (exact) mass is 397 g/mol. The number of nitrogens with zero attached hydrogens (tertiary/aromatic N) is 4. The summed E-state index contributed by atoms with van der Waals surface area (Å²) in [5.41, 5.74) is 3.44. The van der Waals surface area contributed by atoms with Crippen LogP contribution in [-0.4, -0.2) is 57.9 Å². The number of aromatic nitrogens is 2. The predicted octanol–water partition coefficient (Wildman–Crippen LogP) is 2.31. The Kier molecular flexibility index (Phi) is 5.78. The van der Waals surface area contributed by atoms with Crippen LogP contribution in [0.1, 0.15) is 52.6 Å². The Labute approximate surface area is 170 Å². The van der Waals surface area contributed by atoms with E-state index in [9.17, 15) is 9.59 Å². The van der Waals surface area contributed by atoms with Gasteiger partial charge in [-0.15, -0.1) is 0 Å². The van der Waals surface area contributed by atoms with Gasteiger partial charge in [0, 0.05) is 37.6 Å². The molecule has 0 aromatic carbocycles. The molecule has 0 saturated carbocycles. The molecule has 1 aliphatic heterocycles. The molecule has 154 valence electrons. The Morgan fingerprint density at radius 1 is 1.07 bits per heavy atom. The number of urea groups is 1. The Morgan fingerprint density at radius 2 is 1.86 bits per heavy atom. The van der Waals surface area contributed by atoms with Crippen LogP contribution < -0.4 is 5.32 Å². The Morgan fingerprint density at radius 3 is 2.69 bits per heavy atom. The lowest BCUT2D eigenvalue weighted by Crippen LogP contribution is -2.42. The van der Waals surface area contributed by atoms with E-state index in [0.717, 1.165) is 37.1 Å². The molecular formula is C21H27N5O3. The van der Waals surface area contributed by atoms with Gasteiger partial charge in [0.15, 0.2) is 5.76 Å². The summed E-state index contributed by atoms with van der Waals surface area (Å²) >= 11 is 0. The third-order valence-electron chi connectivity index (χ3n) is 5.64. The summed E-state index contributed by atoms with van der Waals surface area (Å²) in [6, 6.07) is 3.23. The van der Waals surface area contributed by atoms with Crippen molar-refractivity contribution in [3.05, 3.63) is 46.9 Å².